The van der Waals surface area contributed by atoms with E-state index in [1.165, 1.54) is 13.8 Å². The van der Waals surface area contributed by atoms with Crippen LogP contribution < -0.4 is 0 Å². The number of carbonyl (C=O) groups is 1. The third kappa shape index (κ3) is 1230. The van der Waals surface area contributed by atoms with Crippen LogP contribution in [0.15, 0.2) is 0 Å². The van der Waals surface area contributed by atoms with Crippen LogP contribution in [0.25, 0.3) is 0 Å². The summed E-state index contributed by atoms with van der Waals surface area (Å²) in [5.74, 6) is 0.167. The maximum Gasteiger partial charge on any atom is 0.126 e. The molecule has 0 aliphatic rings. The van der Waals surface area contributed by atoms with E-state index in [1.807, 2.05) is 0 Å². The minimum atomic E-state index is -0.556. The Labute approximate surface area is 90.6 Å². The molecular formula is C6H14Cl4O. The number of alkyl halides is 2. The lowest BCUT2D eigenvalue weighted by Crippen LogP contribution is -1.93. The summed E-state index contributed by atoms with van der Waals surface area (Å²) in [6, 6.07) is 0. The van der Waals surface area contributed by atoms with Gasteiger partial charge in [0.05, 0.1) is 0 Å². The lowest BCUT2D eigenvalue weighted by atomic mass is 10.6. The molecule has 0 bridgehead atoms. The Bertz CT molecular complexity index is 77.1. The van der Waals surface area contributed by atoms with Gasteiger partial charge in [0, 0.05) is 0 Å². The third-order valence-electron chi connectivity index (χ3n) is 0. The molecule has 1 nitrogen and oxygen atoms in total. The molecule has 0 radical (unpaired) electrons. The molecule has 0 unspecified atom stereocenters. The molecular weight excluding hydrogens is 230 g/mol. The van der Waals surface area contributed by atoms with E-state index in [0.717, 1.165) is 0 Å². The fourth-order valence-corrected chi connectivity index (χ4v) is 0. The molecule has 0 spiro atoms. The van der Waals surface area contributed by atoms with Gasteiger partial charge in [-0.25, -0.2) is 0 Å². The molecule has 0 heterocycles. The largest absolute Gasteiger partial charge is 0.300 e. The van der Waals surface area contributed by atoms with E-state index in [4.69, 9.17) is 23.2 Å². The van der Waals surface area contributed by atoms with Gasteiger partial charge in [-0.05, 0) is 27.7 Å². The number of halogens is 4. The number of carbonyl (C=O) groups excluding carboxylic acids is 1. The minimum absolute atomic E-state index is 0. The second kappa shape index (κ2) is 10.8. The van der Waals surface area contributed by atoms with Crippen molar-refractivity contribution in [2.45, 2.75) is 32.0 Å². The first-order valence-corrected chi connectivity index (χ1v) is 3.34. The molecule has 0 aliphatic carbocycles. The predicted molar refractivity (Wildman–Crippen MR) is 56.6 cm³/mol. The summed E-state index contributed by atoms with van der Waals surface area (Å²) >= 11 is 10.6. The van der Waals surface area contributed by atoms with Crippen LogP contribution in [0, 0.1) is 0 Å². The molecule has 0 amide bonds. The molecule has 72 valence electrons. The highest BCUT2D eigenvalue weighted by molar-refractivity contribution is 6.47. The van der Waals surface area contributed by atoms with Gasteiger partial charge in [-0.1, -0.05) is 0 Å². The van der Waals surface area contributed by atoms with Crippen LogP contribution in [-0.2, 0) is 4.79 Å². The molecule has 0 saturated carbocycles. The number of hydrogen-bond donors (Lipinski definition) is 0. The van der Waals surface area contributed by atoms with Crippen LogP contribution in [0.2, 0.25) is 0 Å². The van der Waals surface area contributed by atoms with E-state index in [9.17, 15) is 4.79 Å². The normalized spacial score (nSPS) is 7.82. The van der Waals surface area contributed by atoms with Crippen molar-refractivity contribution < 1.29 is 4.79 Å². The highest BCUT2D eigenvalue weighted by atomic mass is 35.5. The molecule has 0 aromatic heterocycles. The molecule has 5 heteroatoms. The maximum absolute atomic E-state index is 9.44. The highest BCUT2D eigenvalue weighted by Gasteiger charge is 2.03. The Morgan fingerprint density at radius 3 is 1.09 bits per heavy atom. The van der Waals surface area contributed by atoms with Crippen LogP contribution in [0.3, 0.4) is 0 Å². The quantitative estimate of drug-likeness (QED) is 0.594. The first-order valence-electron chi connectivity index (χ1n) is 2.58. The molecule has 0 atom stereocenters. The summed E-state index contributed by atoms with van der Waals surface area (Å²) in [5, 5.41) is 0. The van der Waals surface area contributed by atoms with Gasteiger partial charge in [-0.15, -0.1) is 48.0 Å². The Morgan fingerprint density at radius 1 is 1.09 bits per heavy atom. The number of rotatable bonds is 0. The maximum atomic E-state index is 9.44. The zero-order valence-electron chi connectivity index (χ0n) is 6.98. The Kier molecular flexibility index (Phi) is 22.3. The Hall–Kier alpha value is 0.830. The summed E-state index contributed by atoms with van der Waals surface area (Å²) in [7, 11) is 0. The molecule has 0 N–H and O–H groups in total. The van der Waals surface area contributed by atoms with Gasteiger partial charge in [-0.3, -0.25) is 0 Å². The van der Waals surface area contributed by atoms with Crippen molar-refractivity contribution in [2.24, 2.45) is 0 Å². The smallest absolute Gasteiger partial charge is 0.126 e. The Balaban J connectivity index is -0.0000000383. The van der Waals surface area contributed by atoms with Crippen molar-refractivity contribution in [1.29, 1.82) is 0 Å². The summed E-state index contributed by atoms with van der Waals surface area (Å²) < 4.78 is -0.556. The van der Waals surface area contributed by atoms with E-state index in [1.54, 1.807) is 13.8 Å². The van der Waals surface area contributed by atoms with Gasteiger partial charge >= 0.3 is 0 Å². The average Bonchev–Trinajstić information content (AvgIpc) is 1.19. The molecule has 0 saturated heterocycles. The molecule has 0 aromatic carbocycles. The zero-order chi connectivity index (χ0) is 8.08. The first-order chi connectivity index (χ1) is 3.73. The fraction of sp³-hybridized carbons (Fsp3) is 0.833. The van der Waals surface area contributed by atoms with E-state index < -0.39 is 4.33 Å². The van der Waals surface area contributed by atoms with Crippen molar-refractivity contribution in [1.82, 2.24) is 0 Å². The highest BCUT2D eigenvalue weighted by Crippen LogP contribution is 2.16. The standard InChI is InChI=1S/C3H6Cl2.C3H6O.2ClH/c1-3(2,4)5;1-3(2)4;;/h1-2H3;1-2H3;2*1H. The summed E-state index contributed by atoms with van der Waals surface area (Å²) in [4.78, 5) is 9.44. The van der Waals surface area contributed by atoms with Crippen molar-refractivity contribution >= 4 is 53.8 Å². The van der Waals surface area contributed by atoms with Gasteiger partial charge in [-0.2, -0.15) is 0 Å². The van der Waals surface area contributed by atoms with Gasteiger partial charge in [0.2, 0.25) is 0 Å². The van der Waals surface area contributed by atoms with Crippen LogP contribution in [0.5, 0.6) is 0 Å². The number of hydrogen-bond acceptors (Lipinski definition) is 1. The van der Waals surface area contributed by atoms with E-state index in [-0.39, 0.29) is 30.6 Å². The van der Waals surface area contributed by atoms with Gasteiger partial charge in [0.1, 0.15) is 10.1 Å². The Morgan fingerprint density at radius 2 is 1.09 bits per heavy atom. The van der Waals surface area contributed by atoms with Crippen molar-refractivity contribution in [2.75, 3.05) is 0 Å². The minimum Gasteiger partial charge on any atom is -0.300 e. The number of ketones is 1. The predicted octanol–water partition coefficient (Wildman–Crippen LogP) is 3.64. The first kappa shape index (κ1) is 22.6. The molecule has 11 heavy (non-hydrogen) atoms. The lowest BCUT2D eigenvalue weighted by Gasteiger charge is -1.98. The van der Waals surface area contributed by atoms with Crippen LogP contribution in [0.4, 0.5) is 0 Å². The van der Waals surface area contributed by atoms with Crippen LogP contribution in [-0.4, -0.2) is 10.1 Å². The second-order valence-electron chi connectivity index (χ2n) is 2.24. The molecule has 0 fully saturated rings. The van der Waals surface area contributed by atoms with Gasteiger partial charge in [0.25, 0.3) is 0 Å². The van der Waals surface area contributed by atoms with Crippen molar-refractivity contribution in [3.63, 3.8) is 0 Å². The molecule has 0 aliphatic heterocycles. The van der Waals surface area contributed by atoms with E-state index in [0.29, 0.717) is 0 Å². The van der Waals surface area contributed by atoms with Gasteiger partial charge in [0.15, 0.2) is 0 Å². The third-order valence-corrected chi connectivity index (χ3v) is 0. The molecule has 0 rings (SSSR count). The van der Waals surface area contributed by atoms with Crippen LogP contribution in [0.1, 0.15) is 27.7 Å². The summed E-state index contributed by atoms with van der Waals surface area (Å²) in [5.41, 5.74) is 0. The van der Waals surface area contributed by atoms with Crippen molar-refractivity contribution in [3.8, 4) is 0 Å². The van der Waals surface area contributed by atoms with E-state index >= 15 is 0 Å². The summed E-state index contributed by atoms with van der Waals surface area (Å²) in [6.07, 6.45) is 0. The zero-order valence-corrected chi connectivity index (χ0v) is 10.1. The van der Waals surface area contributed by atoms with Crippen LogP contribution >= 0.6 is 48.0 Å². The second-order valence-corrected chi connectivity index (χ2v) is 4.32. The average molecular weight is 244 g/mol. The SMILES string of the molecule is CC(C)(Cl)Cl.CC(C)=O.Cl.Cl. The van der Waals surface area contributed by atoms with Gasteiger partial charge < -0.3 is 4.79 Å². The van der Waals surface area contributed by atoms with E-state index in [2.05, 4.69) is 0 Å². The topological polar surface area (TPSA) is 17.1 Å². The van der Waals surface area contributed by atoms with Crippen molar-refractivity contribution in [3.05, 3.63) is 0 Å². The molecule has 0 aromatic rings. The number of Topliss-reactive ketones (excluding diaryl/α,β-unsaturated/α-hetero) is 1. The summed E-state index contributed by atoms with van der Waals surface area (Å²) in [6.45, 7) is 6.49. The fourth-order valence-electron chi connectivity index (χ4n) is 0. The lowest BCUT2D eigenvalue weighted by molar-refractivity contribution is -0.114. The monoisotopic (exact) mass is 242 g/mol.